The van der Waals surface area contributed by atoms with Crippen LogP contribution in [0, 0.1) is 19.3 Å². The molecule has 2 aromatic rings. The number of hydrogen-bond donors (Lipinski definition) is 1. The standard InChI is InChI=1S/C24H23N3O3S/c1-16-7-5-8-17(2)21(16)30-13-6-12-29-20-10-4-3-9-18(20)15-19-22(25)27-11-14-31-24(27)26-23(19)28/h3-5,7-11,14-15,25H,6,12-13H2,1-2H3/b19-15-,25-22?. The van der Waals surface area contributed by atoms with Gasteiger partial charge in [0.2, 0.25) is 0 Å². The van der Waals surface area contributed by atoms with E-state index in [4.69, 9.17) is 14.9 Å². The highest BCUT2D eigenvalue weighted by Crippen LogP contribution is 2.29. The normalized spacial score (nSPS) is 16.5. The van der Waals surface area contributed by atoms with E-state index < -0.39 is 5.91 Å². The van der Waals surface area contributed by atoms with Crippen LogP contribution in [0.4, 0.5) is 0 Å². The van der Waals surface area contributed by atoms with Gasteiger partial charge in [0.1, 0.15) is 17.3 Å². The van der Waals surface area contributed by atoms with Crippen LogP contribution in [-0.4, -0.2) is 35.0 Å². The second-order valence-corrected chi connectivity index (χ2v) is 8.06. The third-order valence-electron chi connectivity index (χ3n) is 4.93. The van der Waals surface area contributed by atoms with Crippen molar-refractivity contribution in [3.63, 3.8) is 0 Å². The summed E-state index contributed by atoms with van der Waals surface area (Å²) < 4.78 is 11.9. The molecule has 0 saturated carbocycles. The Labute approximate surface area is 185 Å². The molecule has 7 heteroatoms. The Kier molecular flexibility index (Phi) is 6.23. The van der Waals surface area contributed by atoms with E-state index in [0.717, 1.165) is 28.9 Å². The zero-order valence-corrected chi connectivity index (χ0v) is 18.2. The highest BCUT2D eigenvalue weighted by Gasteiger charge is 2.31. The molecule has 0 atom stereocenters. The third kappa shape index (κ3) is 4.56. The predicted octanol–water partition coefficient (Wildman–Crippen LogP) is 4.93. The number of hydrogen-bond acceptors (Lipinski definition) is 5. The van der Waals surface area contributed by atoms with Gasteiger partial charge < -0.3 is 9.47 Å². The molecule has 0 unspecified atom stereocenters. The minimum Gasteiger partial charge on any atom is -0.493 e. The van der Waals surface area contributed by atoms with Gasteiger partial charge in [-0.1, -0.05) is 48.2 Å². The number of carbonyl (C=O) groups is 1. The van der Waals surface area contributed by atoms with Crippen LogP contribution in [0.25, 0.3) is 6.08 Å². The van der Waals surface area contributed by atoms with Crippen molar-refractivity contribution in [2.45, 2.75) is 20.3 Å². The number of aliphatic imine (C=N–C) groups is 1. The Balaban J connectivity index is 1.40. The summed E-state index contributed by atoms with van der Waals surface area (Å²) in [5.41, 5.74) is 3.22. The Morgan fingerprint density at radius 3 is 2.61 bits per heavy atom. The number of aryl methyl sites for hydroxylation is 2. The minimum absolute atomic E-state index is 0.119. The number of amidine groups is 2. The maximum atomic E-state index is 12.4. The van der Waals surface area contributed by atoms with Crippen LogP contribution >= 0.6 is 11.8 Å². The molecule has 31 heavy (non-hydrogen) atoms. The number of amides is 1. The lowest BCUT2D eigenvalue weighted by Gasteiger charge is -2.22. The Bertz CT molecular complexity index is 1100. The van der Waals surface area contributed by atoms with Crippen molar-refractivity contribution in [2.24, 2.45) is 4.99 Å². The molecule has 2 aliphatic heterocycles. The van der Waals surface area contributed by atoms with Crippen LogP contribution < -0.4 is 9.47 Å². The van der Waals surface area contributed by atoms with Crippen molar-refractivity contribution in [2.75, 3.05) is 13.2 Å². The van der Waals surface area contributed by atoms with Crippen molar-refractivity contribution in [3.05, 3.63) is 76.3 Å². The van der Waals surface area contributed by atoms with E-state index >= 15 is 0 Å². The van der Waals surface area contributed by atoms with Gasteiger partial charge in [0.25, 0.3) is 5.91 Å². The van der Waals surface area contributed by atoms with Crippen LogP contribution in [0.5, 0.6) is 11.5 Å². The van der Waals surface area contributed by atoms with Gasteiger partial charge in [-0.2, -0.15) is 4.99 Å². The fourth-order valence-electron chi connectivity index (χ4n) is 3.36. The molecule has 0 radical (unpaired) electrons. The number of nitrogens with one attached hydrogen (secondary N) is 1. The summed E-state index contributed by atoms with van der Waals surface area (Å²) in [7, 11) is 0. The molecule has 158 valence electrons. The molecule has 6 nitrogen and oxygen atoms in total. The van der Waals surface area contributed by atoms with Crippen molar-refractivity contribution in [1.29, 1.82) is 5.41 Å². The predicted molar refractivity (Wildman–Crippen MR) is 125 cm³/mol. The summed E-state index contributed by atoms with van der Waals surface area (Å²) in [5, 5.41) is 10.7. The molecule has 0 saturated heterocycles. The van der Waals surface area contributed by atoms with Gasteiger partial charge in [0, 0.05) is 18.2 Å². The van der Waals surface area contributed by atoms with E-state index in [1.807, 2.05) is 56.3 Å². The van der Waals surface area contributed by atoms with Crippen molar-refractivity contribution in [1.82, 2.24) is 4.90 Å². The topological polar surface area (TPSA) is 75.0 Å². The molecule has 0 aliphatic carbocycles. The van der Waals surface area contributed by atoms with Gasteiger partial charge in [0.15, 0.2) is 5.17 Å². The lowest BCUT2D eigenvalue weighted by molar-refractivity contribution is -0.114. The van der Waals surface area contributed by atoms with Gasteiger partial charge >= 0.3 is 0 Å². The third-order valence-corrected chi connectivity index (χ3v) is 5.69. The number of fused-ring (bicyclic) bond motifs is 1. The molecule has 4 rings (SSSR count). The molecule has 2 aromatic carbocycles. The van der Waals surface area contributed by atoms with E-state index in [2.05, 4.69) is 4.99 Å². The molecule has 0 bridgehead atoms. The van der Waals surface area contributed by atoms with Gasteiger partial charge in [-0.25, -0.2) is 0 Å². The zero-order chi connectivity index (χ0) is 21.8. The van der Waals surface area contributed by atoms with Crippen molar-refractivity contribution in [3.8, 4) is 11.5 Å². The summed E-state index contributed by atoms with van der Waals surface area (Å²) in [6.07, 6.45) is 4.13. The van der Waals surface area contributed by atoms with Crippen molar-refractivity contribution < 1.29 is 14.3 Å². The van der Waals surface area contributed by atoms with E-state index in [1.54, 1.807) is 22.6 Å². The highest BCUT2D eigenvalue weighted by atomic mass is 32.2. The number of para-hydroxylation sites is 2. The fraction of sp³-hybridized carbons (Fsp3) is 0.208. The Hall–Kier alpha value is -3.32. The number of nitrogens with zero attached hydrogens (tertiary/aromatic N) is 2. The lowest BCUT2D eigenvalue weighted by Crippen LogP contribution is -2.35. The average molecular weight is 434 g/mol. The number of rotatable bonds is 7. The first-order valence-corrected chi connectivity index (χ1v) is 10.9. The second-order valence-electron chi connectivity index (χ2n) is 7.19. The highest BCUT2D eigenvalue weighted by molar-refractivity contribution is 8.16. The number of ether oxygens (including phenoxy) is 2. The quantitative estimate of drug-likeness (QED) is 0.495. The van der Waals surface area contributed by atoms with E-state index in [9.17, 15) is 4.79 Å². The van der Waals surface area contributed by atoms with Crippen molar-refractivity contribution >= 4 is 34.7 Å². The summed E-state index contributed by atoms with van der Waals surface area (Å²) in [6, 6.07) is 13.6. The summed E-state index contributed by atoms with van der Waals surface area (Å²) in [5.74, 6) is 1.29. The molecular weight excluding hydrogens is 410 g/mol. The van der Waals surface area contributed by atoms with E-state index in [1.165, 1.54) is 11.8 Å². The van der Waals surface area contributed by atoms with Gasteiger partial charge in [-0.15, -0.1) is 0 Å². The first-order valence-electron chi connectivity index (χ1n) is 10.0. The molecule has 2 aliphatic rings. The molecular formula is C24H23N3O3S. The molecule has 1 N–H and O–H groups in total. The first kappa shape index (κ1) is 20.9. The number of thioether (sulfide) groups is 1. The van der Waals surface area contributed by atoms with Crippen LogP contribution in [0.1, 0.15) is 23.1 Å². The van der Waals surface area contributed by atoms with Gasteiger partial charge in [-0.05, 0) is 42.5 Å². The summed E-state index contributed by atoms with van der Waals surface area (Å²) in [4.78, 5) is 18.1. The molecule has 0 aromatic heterocycles. The van der Waals surface area contributed by atoms with Crippen LogP contribution in [0.2, 0.25) is 0 Å². The average Bonchev–Trinajstić information content (AvgIpc) is 3.22. The second kappa shape index (κ2) is 9.22. The van der Waals surface area contributed by atoms with Crippen LogP contribution in [-0.2, 0) is 4.79 Å². The maximum absolute atomic E-state index is 12.4. The number of benzene rings is 2. The lowest BCUT2D eigenvalue weighted by atomic mass is 10.1. The molecule has 0 spiro atoms. The van der Waals surface area contributed by atoms with Gasteiger partial charge in [-0.3, -0.25) is 15.1 Å². The SMILES string of the molecule is Cc1cccc(C)c1OCCCOc1ccccc1/C=C1/C(=N)N2C=CSC2=NC1=O. The first-order chi connectivity index (χ1) is 15.0. The zero-order valence-electron chi connectivity index (χ0n) is 17.4. The summed E-state index contributed by atoms with van der Waals surface area (Å²) in [6.45, 7) is 5.10. The summed E-state index contributed by atoms with van der Waals surface area (Å²) >= 11 is 1.33. The maximum Gasteiger partial charge on any atom is 0.283 e. The fourth-order valence-corrected chi connectivity index (χ4v) is 4.07. The smallest absolute Gasteiger partial charge is 0.283 e. The van der Waals surface area contributed by atoms with Crippen LogP contribution in [0.3, 0.4) is 0 Å². The van der Waals surface area contributed by atoms with Gasteiger partial charge in [0.05, 0.1) is 18.8 Å². The monoisotopic (exact) mass is 433 g/mol. The Morgan fingerprint density at radius 2 is 1.81 bits per heavy atom. The van der Waals surface area contributed by atoms with Crippen LogP contribution in [0.15, 0.2) is 64.6 Å². The van der Waals surface area contributed by atoms with E-state index in [0.29, 0.717) is 24.1 Å². The molecule has 2 heterocycles. The number of carbonyl (C=O) groups excluding carboxylic acids is 1. The van der Waals surface area contributed by atoms with E-state index in [-0.39, 0.29) is 11.4 Å². The molecule has 0 fully saturated rings. The minimum atomic E-state index is -0.413. The Morgan fingerprint density at radius 1 is 1.06 bits per heavy atom. The molecule has 1 amide bonds. The largest absolute Gasteiger partial charge is 0.493 e.